The second kappa shape index (κ2) is 6.50. The number of benzene rings is 1. The van der Waals surface area contributed by atoms with Crippen LogP contribution in [-0.2, 0) is 6.42 Å². The molecule has 24 heavy (non-hydrogen) atoms. The summed E-state index contributed by atoms with van der Waals surface area (Å²) in [6.07, 6.45) is 0.785. The van der Waals surface area contributed by atoms with Crippen molar-refractivity contribution in [2.45, 2.75) is 33.1 Å². The fourth-order valence-corrected chi connectivity index (χ4v) is 2.92. The Labute approximate surface area is 145 Å². The molecular weight excluding hydrogens is 324 g/mol. The van der Waals surface area contributed by atoms with E-state index >= 15 is 0 Å². The summed E-state index contributed by atoms with van der Waals surface area (Å²) in [5, 5.41) is 10.5. The lowest BCUT2D eigenvalue weighted by molar-refractivity contribution is 0.440. The van der Waals surface area contributed by atoms with Crippen LogP contribution >= 0.6 is 11.6 Å². The molecule has 0 fully saturated rings. The maximum absolute atomic E-state index is 8.99. The number of nitriles is 1. The van der Waals surface area contributed by atoms with E-state index in [-0.39, 0.29) is 11.9 Å². The number of hydrogen-bond acceptors (Lipinski definition) is 4. The van der Waals surface area contributed by atoms with Crippen LogP contribution in [0.3, 0.4) is 0 Å². The van der Waals surface area contributed by atoms with Gasteiger partial charge in [0, 0.05) is 5.69 Å². The largest absolute Gasteiger partial charge is 0.424 e. The SMILES string of the molecule is CCc1[nH]c2nc(Oc3cccc(C#N)c3)nc(C(C)C)c2c1Cl. The highest BCUT2D eigenvalue weighted by Gasteiger charge is 2.19. The molecule has 122 valence electrons. The minimum atomic E-state index is 0.168. The number of fused-ring (bicyclic) bond motifs is 1. The summed E-state index contributed by atoms with van der Waals surface area (Å²) in [4.78, 5) is 12.2. The van der Waals surface area contributed by atoms with E-state index in [2.05, 4.69) is 34.9 Å². The molecule has 6 heteroatoms. The highest BCUT2D eigenvalue weighted by atomic mass is 35.5. The quantitative estimate of drug-likeness (QED) is 0.728. The lowest BCUT2D eigenvalue weighted by atomic mass is 10.1. The van der Waals surface area contributed by atoms with Crippen molar-refractivity contribution in [2.75, 3.05) is 0 Å². The normalized spacial score (nSPS) is 11.0. The molecular formula is C18H17ClN4O. The molecule has 0 saturated heterocycles. The highest BCUT2D eigenvalue weighted by molar-refractivity contribution is 6.36. The Bertz CT molecular complexity index is 940. The predicted octanol–water partition coefficient (Wildman–Crippen LogP) is 4.96. The van der Waals surface area contributed by atoms with Gasteiger partial charge in [-0.15, -0.1) is 0 Å². The number of aromatic amines is 1. The topological polar surface area (TPSA) is 74.6 Å². The first kappa shape index (κ1) is 16.3. The van der Waals surface area contributed by atoms with E-state index in [0.717, 1.165) is 23.2 Å². The van der Waals surface area contributed by atoms with Gasteiger partial charge in [0.25, 0.3) is 0 Å². The number of nitrogens with one attached hydrogen (secondary N) is 1. The molecule has 1 aromatic carbocycles. The smallest absolute Gasteiger partial charge is 0.324 e. The molecule has 2 heterocycles. The van der Waals surface area contributed by atoms with Gasteiger partial charge in [-0.3, -0.25) is 0 Å². The number of hydrogen-bond donors (Lipinski definition) is 1. The minimum absolute atomic E-state index is 0.168. The molecule has 3 rings (SSSR count). The Hall–Kier alpha value is -2.58. The lowest BCUT2D eigenvalue weighted by Gasteiger charge is -2.10. The predicted molar refractivity (Wildman–Crippen MR) is 93.6 cm³/mol. The molecule has 0 unspecified atom stereocenters. The van der Waals surface area contributed by atoms with Gasteiger partial charge < -0.3 is 9.72 Å². The number of halogens is 1. The zero-order chi connectivity index (χ0) is 17.3. The average molecular weight is 341 g/mol. The molecule has 0 aliphatic carbocycles. The van der Waals surface area contributed by atoms with Crippen LogP contribution in [0.1, 0.15) is 43.6 Å². The zero-order valence-corrected chi connectivity index (χ0v) is 14.5. The van der Waals surface area contributed by atoms with Crippen molar-refractivity contribution in [1.82, 2.24) is 15.0 Å². The van der Waals surface area contributed by atoms with E-state index in [0.29, 0.717) is 22.0 Å². The molecule has 0 amide bonds. The highest BCUT2D eigenvalue weighted by Crippen LogP contribution is 2.34. The molecule has 0 aliphatic heterocycles. The van der Waals surface area contributed by atoms with Gasteiger partial charge in [0.05, 0.1) is 27.7 Å². The lowest BCUT2D eigenvalue weighted by Crippen LogP contribution is -2.00. The van der Waals surface area contributed by atoms with Gasteiger partial charge >= 0.3 is 6.01 Å². The molecule has 0 atom stereocenters. The second-order valence-corrected chi connectivity index (χ2v) is 6.16. The summed E-state index contributed by atoms with van der Waals surface area (Å²) in [5.41, 5.74) is 2.97. The monoisotopic (exact) mass is 340 g/mol. The number of rotatable bonds is 4. The van der Waals surface area contributed by atoms with E-state index in [4.69, 9.17) is 21.6 Å². The van der Waals surface area contributed by atoms with Gasteiger partial charge in [0.1, 0.15) is 11.4 Å². The van der Waals surface area contributed by atoms with E-state index in [1.165, 1.54) is 0 Å². The van der Waals surface area contributed by atoms with Crippen molar-refractivity contribution in [1.29, 1.82) is 5.26 Å². The Morgan fingerprint density at radius 2 is 2.12 bits per heavy atom. The maximum Gasteiger partial charge on any atom is 0.324 e. The minimum Gasteiger partial charge on any atom is -0.424 e. The number of aryl methyl sites for hydroxylation is 1. The van der Waals surface area contributed by atoms with Crippen LogP contribution in [-0.4, -0.2) is 15.0 Å². The van der Waals surface area contributed by atoms with Crippen molar-refractivity contribution >= 4 is 22.6 Å². The summed E-state index contributed by atoms with van der Waals surface area (Å²) in [5.74, 6) is 0.692. The Morgan fingerprint density at radius 1 is 1.33 bits per heavy atom. The molecule has 0 radical (unpaired) electrons. The first-order valence-corrected chi connectivity index (χ1v) is 8.17. The van der Waals surface area contributed by atoms with Crippen LogP contribution in [0.15, 0.2) is 24.3 Å². The van der Waals surface area contributed by atoms with Crippen LogP contribution in [0.25, 0.3) is 11.0 Å². The Balaban J connectivity index is 2.10. The average Bonchev–Trinajstić information content (AvgIpc) is 2.90. The second-order valence-electron chi connectivity index (χ2n) is 5.78. The molecule has 0 bridgehead atoms. The van der Waals surface area contributed by atoms with E-state index < -0.39 is 0 Å². The van der Waals surface area contributed by atoms with Crippen molar-refractivity contribution in [3.63, 3.8) is 0 Å². The number of aromatic nitrogens is 3. The van der Waals surface area contributed by atoms with Crippen LogP contribution < -0.4 is 4.74 Å². The van der Waals surface area contributed by atoms with Gasteiger partial charge in [0.15, 0.2) is 0 Å². The third-order valence-electron chi connectivity index (χ3n) is 3.74. The molecule has 0 saturated carbocycles. The summed E-state index contributed by atoms with van der Waals surface area (Å²) in [7, 11) is 0. The van der Waals surface area contributed by atoms with E-state index in [1.54, 1.807) is 24.3 Å². The molecule has 3 aromatic rings. The van der Waals surface area contributed by atoms with Crippen molar-refractivity contribution in [2.24, 2.45) is 0 Å². The Morgan fingerprint density at radius 3 is 2.79 bits per heavy atom. The summed E-state index contributed by atoms with van der Waals surface area (Å²) < 4.78 is 5.77. The fraction of sp³-hybridized carbons (Fsp3) is 0.278. The third kappa shape index (κ3) is 2.93. The number of ether oxygens (including phenoxy) is 1. The van der Waals surface area contributed by atoms with Crippen molar-refractivity contribution in [3.05, 3.63) is 46.2 Å². The summed E-state index contributed by atoms with van der Waals surface area (Å²) in [6.45, 7) is 6.14. The summed E-state index contributed by atoms with van der Waals surface area (Å²) in [6, 6.07) is 9.22. The van der Waals surface area contributed by atoms with E-state index in [9.17, 15) is 0 Å². The maximum atomic E-state index is 8.99. The molecule has 1 N–H and O–H groups in total. The van der Waals surface area contributed by atoms with Crippen molar-refractivity contribution < 1.29 is 4.74 Å². The third-order valence-corrected chi connectivity index (χ3v) is 4.16. The van der Waals surface area contributed by atoms with Crippen LogP contribution in [0.2, 0.25) is 5.02 Å². The number of H-pyrrole nitrogens is 1. The molecule has 0 spiro atoms. The first-order chi connectivity index (χ1) is 11.5. The number of nitrogens with zero attached hydrogens (tertiary/aromatic N) is 3. The van der Waals surface area contributed by atoms with Gasteiger partial charge in [-0.05, 0) is 30.5 Å². The summed E-state index contributed by atoms with van der Waals surface area (Å²) >= 11 is 6.47. The van der Waals surface area contributed by atoms with Gasteiger partial charge in [0.2, 0.25) is 0 Å². The standard InChI is InChI=1S/C18H17ClN4O/c1-4-13-15(19)14-16(10(2)3)22-18(23-17(14)21-13)24-12-7-5-6-11(8-12)9-20/h5-8,10H,4H2,1-3H3,(H,21,22,23). The molecule has 5 nitrogen and oxygen atoms in total. The zero-order valence-electron chi connectivity index (χ0n) is 13.7. The van der Waals surface area contributed by atoms with Crippen molar-refractivity contribution in [3.8, 4) is 17.8 Å². The Kier molecular flexibility index (Phi) is 4.41. The fourth-order valence-electron chi connectivity index (χ4n) is 2.55. The van der Waals surface area contributed by atoms with Crippen LogP contribution in [0.4, 0.5) is 0 Å². The van der Waals surface area contributed by atoms with Crippen LogP contribution in [0, 0.1) is 11.3 Å². The molecule has 0 aliphatic rings. The van der Waals surface area contributed by atoms with Gasteiger partial charge in [-0.2, -0.15) is 15.2 Å². The van der Waals surface area contributed by atoms with Gasteiger partial charge in [-0.1, -0.05) is 38.4 Å². The first-order valence-electron chi connectivity index (χ1n) is 7.79. The van der Waals surface area contributed by atoms with E-state index in [1.807, 2.05) is 6.92 Å². The molecule has 2 aromatic heterocycles. The van der Waals surface area contributed by atoms with Gasteiger partial charge in [-0.25, -0.2) is 0 Å². The van der Waals surface area contributed by atoms with Crippen LogP contribution in [0.5, 0.6) is 11.8 Å².